The van der Waals surface area contributed by atoms with Crippen molar-refractivity contribution in [3.05, 3.63) is 52.1 Å². The molecule has 0 spiro atoms. The van der Waals surface area contributed by atoms with Gasteiger partial charge in [-0.15, -0.1) is 0 Å². The number of hydrogen-bond acceptors (Lipinski definition) is 2. The van der Waals surface area contributed by atoms with Crippen LogP contribution in [0.25, 0.3) is 0 Å². The summed E-state index contributed by atoms with van der Waals surface area (Å²) in [6, 6.07) is 8.18. The van der Waals surface area contributed by atoms with E-state index in [1.54, 1.807) is 6.07 Å². The summed E-state index contributed by atoms with van der Waals surface area (Å²) in [4.78, 5) is 0. The van der Waals surface area contributed by atoms with Crippen molar-refractivity contribution < 1.29 is 4.39 Å². The molecule has 0 radical (unpaired) electrons. The number of nitrogens with one attached hydrogen (secondary N) is 1. The van der Waals surface area contributed by atoms with Gasteiger partial charge < -0.3 is 9.88 Å². The molecule has 0 unspecified atom stereocenters. The Morgan fingerprint density at radius 2 is 2.16 bits per heavy atom. The lowest BCUT2D eigenvalue weighted by atomic mass is 10.2. The molecule has 98 valence electrons. The molecule has 0 amide bonds. The highest BCUT2D eigenvalue weighted by atomic mass is 35.5. The van der Waals surface area contributed by atoms with E-state index in [2.05, 4.69) is 11.4 Å². The maximum atomic E-state index is 12.9. The van der Waals surface area contributed by atoms with E-state index in [0.29, 0.717) is 22.9 Å². The van der Waals surface area contributed by atoms with Gasteiger partial charge in [0.1, 0.15) is 17.6 Å². The first kappa shape index (κ1) is 13.4. The van der Waals surface area contributed by atoms with E-state index in [9.17, 15) is 4.39 Å². The minimum absolute atomic E-state index is 0.342. The third-order valence-corrected chi connectivity index (χ3v) is 3.47. The molecule has 0 saturated heterocycles. The highest BCUT2D eigenvalue weighted by Crippen LogP contribution is 2.23. The molecule has 2 rings (SSSR count). The number of hydrogen-bond donors (Lipinski definition) is 1. The molecule has 0 aliphatic rings. The second kappa shape index (κ2) is 5.33. The highest BCUT2D eigenvalue weighted by molar-refractivity contribution is 6.33. The maximum absolute atomic E-state index is 12.9. The Hall–Kier alpha value is -1.99. The molecule has 0 saturated carbocycles. The van der Waals surface area contributed by atoms with E-state index >= 15 is 0 Å². The monoisotopic (exact) mass is 277 g/mol. The van der Waals surface area contributed by atoms with E-state index in [4.69, 9.17) is 16.9 Å². The summed E-state index contributed by atoms with van der Waals surface area (Å²) in [6.45, 7) is 2.48. The van der Waals surface area contributed by atoms with Crippen LogP contribution in [0.2, 0.25) is 5.02 Å². The molecule has 1 N–H and O–H groups in total. The fraction of sp³-hybridized carbons (Fsp3) is 0.214. The van der Waals surface area contributed by atoms with Crippen LogP contribution in [0.4, 0.5) is 10.1 Å². The van der Waals surface area contributed by atoms with Gasteiger partial charge in [0.25, 0.3) is 0 Å². The second-order valence-electron chi connectivity index (χ2n) is 4.29. The lowest BCUT2D eigenvalue weighted by molar-refractivity contribution is 0.628. The number of benzene rings is 1. The first-order valence-corrected chi connectivity index (χ1v) is 6.15. The van der Waals surface area contributed by atoms with Gasteiger partial charge in [-0.25, -0.2) is 4.39 Å². The Kier molecular flexibility index (Phi) is 3.77. The molecule has 0 bridgehead atoms. The van der Waals surface area contributed by atoms with Gasteiger partial charge in [-0.2, -0.15) is 5.26 Å². The molecule has 1 aromatic carbocycles. The molecule has 0 aliphatic carbocycles. The van der Waals surface area contributed by atoms with Crippen LogP contribution in [-0.4, -0.2) is 4.57 Å². The number of nitriles is 1. The predicted molar refractivity (Wildman–Crippen MR) is 73.6 cm³/mol. The summed E-state index contributed by atoms with van der Waals surface area (Å²) < 4.78 is 14.8. The number of aromatic nitrogens is 1. The zero-order chi connectivity index (χ0) is 14.0. The quantitative estimate of drug-likeness (QED) is 0.931. The Morgan fingerprint density at radius 1 is 1.42 bits per heavy atom. The van der Waals surface area contributed by atoms with Crippen LogP contribution in [0.3, 0.4) is 0 Å². The molecule has 0 atom stereocenters. The molecular weight excluding hydrogens is 265 g/mol. The minimum Gasteiger partial charge on any atom is -0.380 e. The third kappa shape index (κ3) is 2.72. The predicted octanol–water partition coefficient (Wildman–Crippen LogP) is 3.61. The van der Waals surface area contributed by atoms with Crippen molar-refractivity contribution in [1.82, 2.24) is 4.57 Å². The minimum atomic E-state index is -0.363. The Morgan fingerprint density at radius 3 is 2.74 bits per heavy atom. The summed E-state index contributed by atoms with van der Waals surface area (Å²) in [5.74, 6) is -0.363. The average Bonchev–Trinajstić information content (AvgIpc) is 2.65. The topological polar surface area (TPSA) is 40.8 Å². The highest BCUT2D eigenvalue weighted by Gasteiger charge is 2.09. The largest absolute Gasteiger partial charge is 0.380 e. The van der Waals surface area contributed by atoms with Crippen molar-refractivity contribution in [1.29, 1.82) is 5.26 Å². The summed E-state index contributed by atoms with van der Waals surface area (Å²) in [7, 11) is 1.85. The zero-order valence-corrected chi connectivity index (χ0v) is 11.4. The standard InChI is InChI=1S/C14H13ClFN3/c1-9-10(5-12(7-17)19(9)2)8-18-14-4-3-11(16)6-13(14)15/h3-6,18H,8H2,1-2H3. The lowest BCUT2D eigenvalue weighted by Gasteiger charge is -2.08. The van der Waals surface area contributed by atoms with Crippen molar-refractivity contribution in [3.8, 4) is 6.07 Å². The smallest absolute Gasteiger partial charge is 0.124 e. The zero-order valence-electron chi connectivity index (χ0n) is 10.7. The van der Waals surface area contributed by atoms with E-state index in [0.717, 1.165) is 11.3 Å². The first-order valence-electron chi connectivity index (χ1n) is 5.77. The number of anilines is 1. The third-order valence-electron chi connectivity index (χ3n) is 3.16. The SMILES string of the molecule is Cc1c(CNc2ccc(F)cc2Cl)cc(C#N)n1C. The van der Waals surface area contributed by atoms with Crippen LogP contribution in [0.15, 0.2) is 24.3 Å². The van der Waals surface area contributed by atoms with Gasteiger partial charge in [-0.05, 0) is 36.8 Å². The maximum Gasteiger partial charge on any atom is 0.124 e. The Labute approximate surface area is 116 Å². The van der Waals surface area contributed by atoms with Crippen molar-refractivity contribution in [2.45, 2.75) is 13.5 Å². The number of nitrogens with zero attached hydrogens (tertiary/aromatic N) is 2. The van der Waals surface area contributed by atoms with E-state index < -0.39 is 0 Å². The first-order chi connectivity index (χ1) is 9.02. The summed E-state index contributed by atoms with van der Waals surface area (Å²) in [5.41, 5.74) is 3.31. The van der Waals surface area contributed by atoms with Crippen LogP contribution in [0, 0.1) is 24.1 Å². The molecular formula is C14H13ClFN3. The average molecular weight is 278 g/mol. The van der Waals surface area contributed by atoms with Gasteiger partial charge in [-0.1, -0.05) is 11.6 Å². The fourth-order valence-electron chi connectivity index (χ4n) is 1.87. The van der Waals surface area contributed by atoms with Crippen molar-refractivity contribution >= 4 is 17.3 Å². The van der Waals surface area contributed by atoms with Crippen molar-refractivity contribution in [2.24, 2.45) is 7.05 Å². The molecule has 3 nitrogen and oxygen atoms in total. The van der Waals surface area contributed by atoms with E-state index in [-0.39, 0.29) is 5.82 Å². The lowest BCUT2D eigenvalue weighted by Crippen LogP contribution is -2.02. The molecule has 5 heteroatoms. The van der Waals surface area contributed by atoms with Crippen molar-refractivity contribution in [2.75, 3.05) is 5.32 Å². The van der Waals surface area contributed by atoms with Gasteiger partial charge >= 0.3 is 0 Å². The molecule has 0 aliphatic heterocycles. The molecule has 19 heavy (non-hydrogen) atoms. The van der Waals surface area contributed by atoms with Gasteiger partial charge in [0.05, 0.1) is 10.7 Å². The number of rotatable bonds is 3. The molecule has 1 aromatic heterocycles. The van der Waals surface area contributed by atoms with Crippen LogP contribution >= 0.6 is 11.6 Å². The van der Waals surface area contributed by atoms with E-state index in [1.807, 2.05) is 24.6 Å². The number of halogens is 2. The van der Waals surface area contributed by atoms with Gasteiger partial charge in [0, 0.05) is 19.3 Å². The Bertz CT molecular complexity index is 655. The molecule has 1 heterocycles. The van der Waals surface area contributed by atoms with Crippen LogP contribution in [-0.2, 0) is 13.6 Å². The van der Waals surface area contributed by atoms with Gasteiger partial charge in [0.2, 0.25) is 0 Å². The molecule has 0 fully saturated rings. The fourth-order valence-corrected chi connectivity index (χ4v) is 2.11. The van der Waals surface area contributed by atoms with Crippen LogP contribution < -0.4 is 5.32 Å². The summed E-state index contributed by atoms with van der Waals surface area (Å²) >= 11 is 5.94. The van der Waals surface area contributed by atoms with Gasteiger partial charge in [-0.3, -0.25) is 0 Å². The van der Waals surface area contributed by atoms with Crippen LogP contribution in [0.1, 0.15) is 17.0 Å². The van der Waals surface area contributed by atoms with Gasteiger partial charge in [0.15, 0.2) is 0 Å². The normalized spacial score (nSPS) is 10.3. The Balaban J connectivity index is 2.17. The van der Waals surface area contributed by atoms with E-state index in [1.165, 1.54) is 12.1 Å². The van der Waals surface area contributed by atoms with Crippen LogP contribution in [0.5, 0.6) is 0 Å². The van der Waals surface area contributed by atoms with Crippen molar-refractivity contribution in [3.63, 3.8) is 0 Å². The molecule has 2 aromatic rings. The summed E-state index contributed by atoms with van der Waals surface area (Å²) in [6.07, 6.45) is 0. The summed E-state index contributed by atoms with van der Waals surface area (Å²) in [5, 5.41) is 12.4. The second-order valence-corrected chi connectivity index (χ2v) is 4.70.